The molecule has 0 atom stereocenters. The number of nitrogens with zero attached hydrogens (tertiary/aromatic N) is 1. The van der Waals surface area contributed by atoms with Crippen molar-refractivity contribution in [1.82, 2.24) is 4.90 Å². The molecule has 140 valence electrons. The number of esters is 1. The van der Waals surface area contributed by atoms with Gasteiger partial charge in [0.05, 0.1) is 17.0 Å². The van der Waals surface area contributed by atoms with Crippen LogP contribution in [0.1, 0.15) is 22.2 Å². The summed E-state index contributed by atoms with van der Waals surface area (Å²) in [5.74, 6) is -0.224. The van der Waals surface area contributed by atoms with Crippen molar-refractivity contribution in [2.24, 2.45) is 0 Å². The predicted molar refractivity (Wildman–Crippen MR) is 113 cm³/mol. The molecule has 1 aromatic carbocycles. The first-order valence-electron chi connectivity index (χ1n) is 7.83. The van der Waals surface area contributed by atoms with Crippen molar-refractivity contribution < 1.29 is 19.1 Å². The van der Waals surface area contributed by atoms with Gasteiger partial charge in [-0.25, -0.2) is 4.79 Å². The molecular weight excluding hydrogens is 426 g/mol. The molecule has 0 bridgehead atoms. The average Bonchev–Trinajstić information content (AvgIpc) is 3.26. The Hall–Kier alpha value is -1.87. The summed E-state index contributed by atoms with van der Waals surface area (Å²) in [6.45, 7) is 2.38. The summed E-state index contributed by atoms with van der Waals surface area (Å²) in [7, 11) is 1.45. The van der Waals surface area contributed by atoms with Crippen LogP contribution in [0.25, 0.3) is 6.08 Å². The highest BCUT2D eigenvalue weighted by Crippen LogP contribution is 2.39. The molecule has 0 N–H and O–H groups in total. The molecule has 0 aliphatic carbocycles. The number of thiophene rings is 1. The van der Waals surface area contributed by atoms with Gasteiger partial charge in [-0.3, -0.25) is 9.69 Å². The zero-order chi connectivity index (χ0) is 19.6. The largest absolute Gasteiger partial charge is 0.493 e. The van der Waals surface area contributed by atoms with Crippen molar-refractivity contribution in [2.75, 3.05) is 13.7 Å². The molecule has 0 spiro atoms. The molecule has 9 heteroatoms. The molecule has 1 fully saturated rings. The zero-order valence-corrected chi connectivity index (χ0v) is 17.6. The second-order valence-corrected chi connectivity index (χ2v) is 8.36. The lowest BCUT2D eigenvalue weighted by Crippen LogP contribution is -2.27. The molecule has 27 heavy (non-hydrogen) atoms. The van der Waals surface area contributed by atoms with E-state index in [0.29, 0.717) is 32.0 Å². The Morgan fingerprint density at radius 1 is 1.41 bits per heavy atom. The molecule has 2 aromatic rings. The molecular formula is C18H14ClNO4S3. The summed E-state index contributed by atoms with van der Waals surface area (Å²) in [4.78, 5) is 27.0. The number of thiocarbonyl (C=S) groups is 1. The number of hydrogen-bond acceptors (Lipinski definition) is 7. The van der Waals surface area contributed by atoms with E-state index < -0.39 is 5.97 Å². The van der Waals surface area contributed by atoms with Gasteiger partial charge in [0.2, 0.25) is 0 Å². The number of carbonyl (C=O) groups is 2. The molecule has 1 aliphatic rings. The third kappa shape index (κ3) is 4.19. The van der Waals surface area contributed by atoms with E-state index in [1.165, 1.54) is 35.1 Å². The number of halogens is 1. The lowest BCUT2D eigenvalue weighted by atomic mass is 10.1. The van der Waals surface area contributed by atoms with Crippen LogP contribution in [0.15, 0.2) is 34.6 Å². The smallest absolute Gasteiger partial charge is 0.353 e. The Balaban J connectivity index is 1.91. The first kappa shape index (κ1) is 19.9. The first-order valence-corrected chi connectivity index (χ1v) is 10.3. The Bertz CT molecular complexity index is 940. The van der Waals surface area contributed by atoms with Crippen LogP contribution in [0.5, 0.6) is 11.5 Å². The van der Waals surface area contributed by atoms with Crippen LogP contribution in [0.3, 0.4) is 0 Å². The van der Waals surface area contributed by atoms with Gasteiger partial charge in [-0.05, 0) is 42.1 Å². The van der Waals surface area contributed by atoms with E-state index in [1.807, 2.05) is 6.92 Å². The second-order valence-electron chi connectivity index (χ2n) is 5.33. The Kier molecular flexibility index (Phi) is 6.21. The molecule has 1 aliphatic heterocycles. The van der Waals surface area contributed by atoms with Gasteiger partial charge >= 0.3 is 5.97 Å². The summed E-state index contributed by atoms with van der Waals surface area (Å²) in [5, 5.41) is 1.99. The lowest BCUT2D eigenvalue weighted by molar-refractivity contribution is -0.121. The highest BCUT2D eigenvalue weighted by atomic mass is 35.5. The van der Waals surface area contributed by atoms with Crippen molar-refractivity contribution in [3.63, 3.8) is 0 Å². The summed E-state index contributed by atoms with van der Waals surface area (Å²) in [5.41, 5.74) is 0.643. The quantitative estimate of drug-likeness (QED) is 0.287. The van der Waals surface area contributed by atoms with Crippen LogP contribution < -0.4 is 9.47 Å². The number of carbonyl (C=O) groups excluding carboxylic acids is 2. The third-order valence-electron chi connectivity index (χ3n) is 3.66. The van der Waals surface area contributed by atoms with E-state index in [9.17, 15) is 9.59 Å². The predicted octanol–water partition coefficient (Wildman–Crippen LogP) is 4.85. The monoisotopic (exact) mass is 439 g/mol. The van der Waals surface area contributed by atoms with Gasteiger partial charge in [0.15, 0.2) is 11.5 Å². The van der Waals surface area contributed by atoms with E-state index in [2.05, 4.69) is 0 Å². The van der Waals surface area contributed by atoms with Gasteiger partial charge in [0.1, 0.15) is 9.20 Å². The van der Waals surface area contributed by atoms with Crippen LogP contribution in [-0.4, -0.2) is 34.8 Å². The topological polar surface area (TPSA) is 55.8 Å². The van der Waals surface area contributed by atoms with Crippen LogP contribution >= 0.6 is 46.9 Å². The fraction of sp³-hybridized carbons (Fsp3) is 0.167. The summed E-state index contributed by atoms with van der Waals surface area (Å²) < 4.78 is 11.2. The number of benzene rings is 1. The molecule has 3 rings (SSSR count). The van der Waals surface area contributed by atoms with Gasteiger partial charge < -0.3 is 9.47 Å². The second kappa shape index (κ2) is 8.43. The molecule has 1 aromatic heterocycles. The third-order valence-corrected chi connectivity index (χ3v) is 6.16. The number of ether oxygens (including phenoxy) is 2. The maximum absolute atomic E-state index is 12.4. The van der Waals surface area contributed by atoms with E-state index in [-0.39, 0.29) is 16.7 Å². The van der Waals surface area contributed by atoms with Crippen molar-refractivity contribution in [1.29, 1.82) is 0 Å². The lowest BCUT2D eigenvalue weighted by Gasteiger charge is -2.12. The van der Waals surface area contributed by atoms with E-state index in [0.717, 1.165) is 0 Å². The zero-order valence-electron chi connectivity index (χ0n) is 14.4. The standard InChI is InChI=1S/C18H14ClNO4S3/c1-3-20-16(21)14(27-18(20)25)9-10-7-11(19)15(12(8-10)23-2)24-17(22)13-5-4-6-26-13/h4-9H,3H2,1-2H3. The number of likely N-dealkylation sites (N-methyl/N-ethyl adjacent to an activating group) is 1. The average molecular weight is 440 g/mol. The number of rotatable bonds is 5. The normalized spacial score (nSPS) is 15.5. The number of hydrogen-bond donors (Lipinski definition) is 0. The van der Waals surface area contributed by atoms with Gasteiger partial charge in [-0.2, -0.15) is 0 Å². The number of thioether (sulfide) groups is 1. The number of methoxy groups -OCH3 is 1. The summed E-state index contributed by atoms with van der Waals surface area (Å²) >= 11 is 14.0. The fourth-order valence-electron chi connectivity index (χ4n) is 2.38. The minimum absolute atomic E-state index is 0.135. The van der Waals surface area contributed by atoms with E-state index in [1.54, 1.807) is 35.7 Å². The van der Waals surface area contributed by atoms with Crippen molar-refractivity contribution in [2.45, 2.75) is 6.92 Å². The minimum Gasteiger partial charge on any atom is -0.493 e. The maximum atomic E-state index is 12.4. The van der Waals surface area contributed by atoms with Crippen molar-refractivity contribution in [3.05, 3.63) is 50.0 Å². The van der Waals surface area contributed by atoms with Crippen LogP contribution in [0, 0.1) is 0 Å². The molecule has 0 saturated carbocycles. The highest BCUT2D eigenvalue weighted by molar-refractivity contribution is 8.26. The molecule has 0 radical (unpaired) electrons. The molecule has 0 unspecified atom stereocenters. The SMILES string of the molecule is CCN1C(=O)C(=Cc2cc(Cl)c(OC(=O)c3cccs3)c(OC)c2)SC1=S. The Morgan fingerprint density at radius 3 is 2.78 bits per heavy atom. The van der Waals surface area contributed by atoms with E-state index in [4.69, 9.17) is 33.3 Å². The molecule has 1 saturated heterocycles. The van der Waals surface area contributed by atoms with Gasteiger partial charge in [-0.15, -0.1) is 11.3 Å². The first-order chi connectivity index (χ1) is 12.9. The summed E-state index contributed by atoms with van der Waals surface area (Å²) in [6, 6.07) is 6.69. The van der Waals surface area contributed by atoms with Gasteiger partial charge in [0, 0.05) is 6.54 Å². The van der Waals surface area contributed by atoms with E-state index >= 15 is 0 Å². The van der Waals surface area contributed by atoms with Gasteiger partial charge in [0.25, 0.3) is 5.91 Å². The highest BCUT2D eigenvalue weighted by Gasteiger charge is 2.30. The fourth-order valence-corrected chi connectivity index (χ4v) is 4.62. The molecule has 1 amide bonds. The van der Waals surface area contributed by atoms with Crippen molar-refractivity contribution in [3.8, 4) is 11.5 Å². The van der Waals surface area contributed by atoms with Gasteiger partial charge in [-0.1, -0.05) is 41.6 Å². The number of amides is 1. The Morgan fingerprint density at radius 2 is 2.19 bits per heavy atom. The summed E-state index contributed by atoms with van der Waals surface area (Å²) in [6.07, 6.45) is 1.69. The molecule has 5 nitrogen and oxygen atoms in total. The van der Waals surface area contributed by atoms with Crippen LogP contribution in [0.2, 0.25) is 5.02 Å². The van der Waals surface area contributed by atoms with Crippen LogP contribution in [0.4, 0.5) is 0 Å². The Labute approximate surface area is 174 Å². The molecule has 2 heterocycles. The minimum atomic E-state index is -0.512. The van der Waals surface area contributed by atoms with Crippen LogP contribution in [-0.2, 0) is 4.79 Å². The van der Waals surface area contributed by atoms with Crippen molar-refractivity contribution >= 4 is 69.2 Å². The maximum Gasteiger partial charge on any atom is 0.353 e.